The molecule has 0 aliphatic heterocycles. The Labute approximate surface area is 171 Å². The normalized spacial score (nSPS) is 12.3. The zero-order valence-electron chi connectivity index (χ0n) is 17.0. The van der Waals surface area contributed by atoms with Crippen molar-refractivity contribution in [1.82, 2.24) is 9.88 Å². The first-order valence-corrected chi connectivity index (χ1v) is 9.90. The number of nitrogens with zero attached hydrogens (tertiary/aromatic N) is 2. The van der Waals surface area contributed by atoms with Gasteiger partial charge in [0.2, 0.25) is 5.56 Å². The molecular weight excluding hydrogens is 366 g/mol. The summed E-state index contributed by atoms with van der Waals surface area (Å²) in [6, 6.07) is 19.1. The van der Waals surface area contributed by atoms with E-state index in [1.807, 2.05) is 37.4 Å². The summed E-state index contributed by atoms with van der Waals surface area (Å²) in [6.07, 6.45) is 0.441. The molecule has 154 valence electrons. The van der Waals surface area contributed by atoms with Gasteiger partial charge in [0.15, 0.2) is 0 Å². The van der Waals surface area contributed by atoms with E-state index in [4.69, 9.17) is 4.74 Å². The third-order valence-electron chi connectivity index (χ3n) is 4.89. The molecule has 0 radical (unpaired) electrons. The van der Waals surface area contributed by atoms with Crippen LogP contribution in [0.3, 0.4) is 0 Å². The van der Waals surface area contributed by atoms with Gasteiger partial charge in [-0.15, -0.1) is 0 Å². The molecule has 0 aliphatic rings. The molecule has 0 bridgehead atoms. The van der Waals surface area contributed by atoms with Gasteiger partial charge in [-0.2, -0.15) is 0 Å². The van der Waals surface area contributed by atoms with Gasteiger partial charge in [0.25, 0.3) is 0 Å². The van der Waals surface area contributed by atoms with Gasteiger partial charge in [0.1, 0.15) is 18.5 Å². The fraction of sp³-hybridized carbons (Fsp3) is 0.348. The topological polar surface area (TPSA) is 68.8 Å². The molecule has 1 atom stereocenters. The van der Waals surface area contributed by atoms with E-state index in [9.17, 15) is 9.90 Å². The number of hydrogen-bond acceptors (Lipinski definition) is 5. The minimum absolute atomic E-state index is 0.125. The molecule has 1 unspecified atom stereocenters. The fourth-order valence-electron chi connectivity index (χ4n) is 3.31. The Morgan fingerprint density at radius 1 is 1.03 bits per heavy atom. The first-order chi connectivity index (χ1) is 14.0. The fourth-order valence-corrected chi connectivity index (χ4v) is 3.31. The summed E-state index contributed by atoms with van der Waals surface area (Å²) in [5.41, 5.74) is 1.85. The lowest BCUT2D eigenvalue weighted by atomic mass is 10.2. The quantitative estimate of drug-likeness (QED) is 0.552. The number of aromatic amines is 1. The van der Waals surface area contributed by atoms with Gasteiger partial charge < -0.3 is 24.6 Å². The average molecular weight is 396 g/mol. The van der Waals surface area contributed by atoms with E-state index in [0.717, 1.165) is 30.4 Å². The van der Waals surface area contributed by atoms with Crippen molar-refractivity contribution in [3.05, 3.63) is 71.0 Å². The number of benzene rings is 2. The summed E-state index contributed by atoms with van der Waals surface area (Å²) >= 11 is 0. The lowest BCUT2D eigenvalue weighted by molar-refractivity contribution is 0.0763. The van der Waals surface area contributed by atoms with E-state index in [2.05, 4.69) is 34.0 Å². The highest BCUT2D eigenvalue weighted by Crippen LogP contribution is 2.18. The highest BCUT2D eigenvalue weighted by molar-refractivity contribution is 5.79. The Balaban J connectivity index is 1.39. The van der Waals surface area contributed by atoms with Crippen molar-refractivity contribution in [3.8, 4) is 5.75 Å². The molecule has 2 N–H and O–H groups in total. The molecule has 0 amide bonds. The van der Waals surface area contributed by atoms with Gasteiger partial charge in [0, 0.05) is 42.8 Å². The molecule has 6 nitrogen and oxygen atoms in total. The van der Waals surface area contributed by atoms with Crippen molar-refractivity contribution < 1.29 is 9.84 Å². The number of pyridine rings is 1. The number of H-pyrrole nitrogens is 1. The molecule has 0 spiro atoms. The Bertz CT molecular complexity index is 958. The van der Waals surface area contributed by atoms with Gasteiger partial charge in [-0.1, -0.05) is 18.2 Å². The Morgan fingerprint density at radius 2 is 1.83 bits per heavy atom. The first kappa shape index (κ1) is 20.9. The van der Waals surface area contributed by atoms with E-state index in [0.29, 0.717) is 12.3 Å². The van der Waals surface area contributed by atoms with Gasteiger partial charge in [-0.3, -0.25) is 4.79 Å². The van der Waals surface area contributed by atoms with Gasteiger partial charge in [-0.05, 0) is 56.4 Å². The van der Waals surface area contributed by atoms with Crippen LogP contribution in [0.15, 0.2) is 65.5 Å². The van der Waals surface area contributed by atoms with E-state index in [1.54, 1.807) is 12.1 Å². The van der Waals surface area contributed by atoms with Crippen LogP contribution in [0.25, 0.3) is 10.9 Å². The van der Waals surface area contributed by atoms with E-state index >= 15 is 0 Å². The number of aromatic nitrogens is 1. The van der Waals surface area contributed by atoms with Gasteiger partial charge in [0.05, 0.1) is 0 Å². The summed E-state index contributed by atoms with van der Waals surface area (Å²) in [5, 5.41) is 11.2. The molecule has 0 saturated heterocycles. The molecule has 2 aromatic carbocycles. The SMILES string of the molecule is CN(CCCN(C)c1ccccc1)CC(O)COc1ccc2[nH]c(=O)ccc2c1. The number of likely N-dealkylation sites (N-methyl/N-ethyl adjacent to an activating group) is 1. The van der Waals surface area contributed by atoms with Crippen molar-refractivity contribution >= 4 is 16.6 Å². The van der Waals surface area contributed by atoms with Crippen molar-refractivity contribution in [2.45, 2.75) is 12.5 Å². The number of para-hydroxylation sites is 1. The van der Waals surface area contributed by atoms with Crippen LogP contribution in [0.2, 0.25) is 0 Å². The second-order valence-corrected chi connectivity index (χ2v) is 7.41. The molecular formula is C23H29N3O3. The molecule has 1 aromatic heterocycles. The lowest BCUT2D eigenvalue weighted by Gasteiger charge is -2.23. The van der Waals surface area contributed by atoms with Crippen LogP contribution in [0.1, 0.15) is 6.42 Å². The van der Waals surface area contributed by atoms with Crippen molar-refractivity contribution in [3.63, 3.8) is 0 Å². The molecule has 0 aliphatic carbocycles. The number of aliphatic hydroxyl groups is 1. The number of fused-ring (bicyclic) bond motifs is 1. The number of ether oxygens (including phenoxy) is 1. The third-order valence-corrected chi connectivity index (χ3v) is 4.89. The summed E-state index contributed by atoms with van der Waals surface area (Å²) in [6.45, 7) is 2.64. The Kier molecular flexibility index (Phi) is 7.27. The van der Waals surface area contributed by atoms with Crippen LogP contribution in [0.5, 0.6) is 5.75 Å². The van der Waals surface area contributed by atoms with Crippen molar-refractivity contribution in [1.29, 1.82) is 0 Å². The number of hydrogen-bond donors (Lipinski definition) is 2. The first-order valence-electron chi connectivity index (χ1n) is 9.90. The van der Waals surface area contributed by atoms with Gasteiger partial charge >= 0.3 is 0 Å². The van der Waals surface area contributed by atoms with Gasteiger partial charge in [-0.25, -0.2) is 0 Å². The Morgan fingerprint density at radius 3 is 2.62 bits per heavy atom. The Hall–Kier alpha value is -2.83. The summed E-state index contributed by atoms with van der Waals surface area (Å²) in [4.78, 5) is 18.5. The minimum Gasteiger partial charge on any atom is -0.491 e. The van der Waals surface area contributed by atoms with Crippen LogP contribution in [-0.4, -0.2) is 61.4 Å². The van der Waals surface area contributed by atoms with Crippen molar-refractivity contribution in [2.75, 3.05) is 45.2 Å². The molecule has 3 aromatic rings. The third kappa shape index (κ3) is 6.34. The van der Waals surface area contributed by atoms with Crippen LogP contribution >= 0.6 is 0 Å². The summed E-state index contributed by atoms with van der Waals surface area (Å²) in [7, 11) is 4.11. The maximum atomic E-state index is 11.3. The highest BCUT2D eigenvalue weighted by Gasteiger charge is 2.10. The molecule has 0 saturated carbocycles. The second kappa shape index (κ2) is 10.1. The standard InChI is InChI=1S/C23H29N3O3/c1-25(13-6-14-26(2)19-7-4-3-5-8-19)16-20(27)17-29-21-10-11-22-18(15-21)9-12-23(28)24-22/h3-5,7-12,15,20,27H,6,13-14,16-17H2,1-2H3,(H,24,28). The van der Waals surface area contributed by atoms with E-state index in [1.165, 1.54) is 11.8 Å². The second-order valence-electron chi connectivity index (χ2n) is 7.41. The number of anilines is 1. The molecule has 1 heterocycles. The van der Waals surface area contributed by atoms with Crippen molar-refractivity contribution in [2.24, 2.45) is 0 Å². The molecule has 29 heavy (non-hydrogen) atoms. The van der Waals surface area contributed by atoms with Crippen LogP contribution in [0.4, 0.5) is 5.69 Å². The molecule has 0 fully saturated rings. The summed E-state index contributed by atoms with van der Waals surface area (Å²) < 4.78 is 5.73. The minimum atomic E-state index is -0.571. The maximum Gasteiger partial charge on any atom is 0.248 e. The number of rotatable bonds is 10. The number of nitrogens with one attached hydrogen (secondary N) is 1. The van der Waals surface area contributed by atoms with Crippen LogP contribution < -0.4 is 15.2 Å². The monoisotopic (exact) mass is 395 g/mol. The van der Waals surface area contributed by atoms with Crippen LogP contribution in [-0.2, 0) is 0 Å². The van der Waals surface area contributed by atoms with Crippen LogP contribution in [0, 0.1) is 0 Å². The lowest BCUT2D eigenvalue weighted by Crippen LogP contribution is -2.34. The predicted molar refractivity (Wildman–Crippen MR) is 118 cm³/mol. The maximum absolute atomic E-state index is 11.3. The zero-order valence-corrected chi connectivity index (χ0v) is 17.0. The average Bonchev–Trinajstić information content (AvgIpc) is 2.72. The number of aliphatic hydroxyl groups excluding tert-OH is 1. The van der Waals surface area contributed by atoms with E-state index < -0.39 is 6.10 Å². The zero-order chi connectivity index (χ0) is 20.6. The smallest absolute Gasteiger partial charge is 0.248 e. The molecule has 3 rings (SSSR count). The highest BCUT2D eigenvalue weighted by atomic mass is 16.5. The molecule has 6 heteroatoms. The largest absolute Gasteiger partial charge is 0.491 e. The summed E-state index contributed by atoms with van der Waals surface area (Å²) in [5.74, 6) is 0.677. The predicted octanol–water partition coefficient (Wildman–Crippen LogP) is 2.73. The van der Waals surface area contributed by atoms with E-state index in [-0.39, 0.29) is 12.2 Å².